The first-order valence-electron chi connectivity index (χ1n) is 8.61. The Labute approximate surface area is 145 Å². The molecule has 0 spiro atoms. The van der Waals surface area contributed by atoms with Crippen molar-refractivity contribution in [2.75, 3.05) is 0 Å². The zero-order valence-electron chi connectivity index (χ0n) is 15.1. The molecule has 0 fully saturated rings. The fourth-order valence-electron chi connectivity index (χ4n) is 3.54. The fourth-order valence-corrected chi connectivity index (χ4v) is 3.54. The lowest BCUT2D eigenvalue weighted by Crippen LogP contribution is -1.95. The monoisotopic (exact) mass is 315 g/mol. The second kappa shape index (κ2) is 7.00. The third kappa shape index (κ3) is 3.41. The summed E-state index contributed by atoms with van der Waals surface area (Å²) in [6.07, 6.45) is 8.42. The average Bonchev–Trinajstić information content (AvgIpc) is 2.96. The molecule has 0 atom stereocenters. The number of allylic oxidation sites excluding steroid dienone is 4. The Morgan fingerprint density at radius 1 is 1.00 bits per heavy atom. The highest BCUT2D eigenvalue weighted by atomic mass is 14.7. The molecule has 1 nitrogen and oxygen atoms in total. The van der Waals surface area contributed by atoms with Gasteiger partial charge in [-0.3, -0.25) is 4.99 Å². The van der Waals surface area contributed by atoms with Crippen LogP contribution in [0.5, 0.6) is 0 Å². The minimum absolute atomic E-state index is 0.861. The maximum atomic E-state index is 4.77. The lowest BCUT2D eigenvalue weighted by molar-refractivity contribution is 1.26. The smallest absolute Gasteiger partial charge is 0.0684 e. The molecule has 0 heterocycles. The van der Waals surface area contributed by atoms with Gasteiger partial charge < -0.3 is 0 Å². The highest BCUT2D eigenvalue weighted by molar-refractivity contribution is 5.79. The fraction of sp³-hybridized carbons (Fsp3) is 0.261. The molecule has 122 valence electrons. The Morgan fingerprint density at radius 2 is 1.71 bits per heavy atom. The first-order valence-corrected chi connectivity index (χ1v) is 8.61. The topological polar surface area (TPSA) is 12.4 Å². The summed E-state index contributed by atoms with van der Waals surface area (Å²) in [4.78, 5) is 4.77. The summed E-state index contributed by atoms with van der Waals surface area (Å²) >= 11 is 0. The van der Waals surface area contributed by atoms with E-state index in [1.54, 1.807) is 0 Å². The van der Waals surface area contributed by atoms with Gasteiger partial charge in [-0.2, -0.15) is 0 Å². The van der Waals surface area contributed by atoms with Gasteiger partial charge in [0, 0.05) is 12.6 Å². The van der Waals surface area contributed by atoms with Crippen LogP contribution in [0.3, 0.4) is 0 Å². The summed E-state index contributed by atoms with van der Waals surface area (Å²) in [5.74, 6) is 0. The highest BCUT2D eigenvalue weighted by Crippen LogP contribution is 2.31. The molecule has 0 N–H and O–H groups in total. The molecule has 24 heavy (non-hydrogen) atoms. The van der Waals surface area contributed by atoms with Gasteiger partial charge in [0.1, 0.15) is 0 Å². The molecule has 0 amide bonds. The molecule has 1 heteroatoms. The predicted octanol–water partition coefficient (Wildman–Crippen LogP) is 6.29. The number of aliphatic imine (C=N–C) groups is 1. The summed E-state index contributed by atoms with van der Waals surface area (Å²) in [5.41, 5.74) is 10.4. The second-order valence-electron chi connectivity index (χ2n) is 6.69. The molecule has 0 aromatic heterocycles. The van der Waals surface area contributed by atoms with Crippen LogP contribution in [0, 0.1) is 20.8 Å². The van der Waals surface area contributed by atoms with Crippen LogP contribution in [-0.4, -0.2) is 6.21 Å². The van der Waals surface area contributed by atoms with E-state index >= 15 is 0 Å². The Morgan fingerprint density at radius 3 is 2.38 bits per heavy atom. The van der Waals surface area contributed by atoms with E-state index in [9.17, 15) is 0 Å². The molecule has 2 aromatic carbocycles. The van der Waals surface area contributed by atoms with Gasteiger partial charge in [-0.05, 0) is 67.5 Å². The molecule has 0 radical (unpaired) electrons. The van der Waals surface area contributed by atoms with Gasteiger partial charge in [0.15, 0.2) is 0 Å². The summed E-state index contributed by atoms with van der Waals surface area (Å²) in [6, 6.07) is 13.1. The van der Waals surface area contributed by atoms with Crippen LogP contribution in [0.2, 0.25) is 0 Å². The van der Waals surface area contributed by atoms with Crippen LogP contribution in [0.4, 0.5) is 5.69 Å². The van der Waals surface area contributed by atoms with Crippen molar-refractivity contribution in [3.8, 4) is 0 Å². The number of aryl methyl sites for hydroxylation is 3. The van der Waals surface area contributed by atoms with Crippen molar-refractivity contribution in [2.45, 2.75) is 40.5 Å². The Hall–Kier alpha value is -2.41. The number of hydrogen-bond acceptors (Lipinski definition) is 1. The Balaban J connectivity index is 1.85. The molecule has 3 rings (SSSR count). The maximum absolute atomic E-state index is 4.77. The van der Waals surface area contributed by atoms with E-state index in [1.807, 2.05) is 0 Å². The van der Waals surface area contributed by atoms with Gasteiger partial charge in [0.05, 0.1) is 5.69 Å². The van der Waals surface area contributed by atoms with Gasteiger partial charge >= 0.3 is 0 Å². The zero-order chi connectivity index (χ0) is 17.1. The summed E-state index contributed by atoms with van der Waals surface area (Å²) in [5, 5.41) is 0. The number of benzene rings is 2. The van der Waals surface area contributed by atoms with Crippen LogP contribution >= 0.6 is 0 Å². The third-order valence-electron chi connectivity index (χ3n) is 4.68. The average molecular weight is 315 g/mol. The van der Waals surface area contributed by atoms with Gasteiger partial charge in [0.2, 0.25) is 0 Å². The van der Waals surface area contributed by atoms with Crippen molar-refractivity contribution in [2.24, 2.45) is 4.99 Å². The molecule has 2 aromatic rings. The summed E-state index contributed by atoms with van der Waals surface area (Å²) in [6.45, 7) is 8.61. The van der Waals surface area contributed by atoms with E-state index < -0.39 is 0 Å². The molecule has 1 aliphatic rings. The molecule has 0 bridgehead atoms. The van der Waals surface area contributed by atoms with Crippen molar-refractivity contribution in [3.63, 3.8) is 0 Å². The SMILES string of the molecule is CC1=C(c2ccccc2CC=Nc2c(C)cc(C)cc2C)CC=C1. The first kappa shape index (κ1) is 16.4. The molecule has 0 saturated carbocycles. The van der Waals surface area contributed by atoms with Gasteiger partial charge in [-0.25, -0.2) is 0 Å². The van der Waals surface area contributed by atoms with Crippen LogP contribution in [-0.2, 0) is 6.42 Å². The molecule has 1 aliphatic carbocycles. The van der Waals surface area contributed by atoms with Crippen molar-refractivity contribution < 1.29 is 0 Å². The molecule has 0 aliphatic heterocycles. The van der Waals surface area contributed by atoms with Crippen molar-refractivity contribution in [3.05, 3.63) is 81.9 Å². The van der Waals surface area contributed by atoms with Crippen LogP contribution < -0.4 is 0 Å². The summed E-state index contributed by atoms with van der Waals surface area (Å²) in [7, 11) is 0. The second-order valence-corrected chi connectivity index (χ2v) is 6.69. The third-order valence-corrected chi connectivity index (χ3v) is 4.68. The molecule has 0 unspecified atom stereocenters. The van der Waals surface area contributed by atoms with E-state index in [2.05, 4.69) is 82.5 Å². The minimum atomic E-state index is 0.861. The zero-order valence-corrected chi connectivity index (χ0v) is 15.1. The van der Waals surface area contributed by atoms with E-state index in [0.717, 1.165) is 18.5 Å². The van der Waals surface area contributed by atoms with Crippen LogP contribution in [0.25, 0.3) is 5.57 Å². The lowest BCUT2D eigenvalue weighted by Gasteiger charge is -2.10. The van der Waals surface area contributed by atoms with Crippen molar-refractivity contribution in [1.29, 1.82) is 0 Å². The van der Waals surface area contributed by atoms with Gasteiger partial charge in [0.25, 0.3) is 0 Å². The van der Waals surface area contributed by atoms with Crippen LogP contribution in [0.15, 0.2) is 59.1 Å². The number of nitrogens with zero attached hydrogens (tertiary/aromatic N) is 1. The van der Waals surface area contributed by atoms with Crippen molar-refractivity contribution in [1.82, 2.24) is 0 Å². The van der Waals surface area contributed by atoms with Crippen molar-refractivity contribution >= 4 is 17.5 Å². The van der Waals surface area contributed by atoms with Gasteiger partial charge in [-0.1, -0.05) is 54.1 Å². The normalized spacial score (nSPS) is 14.2. The lowest BCUT2D eigenvalue weighted by atomic mass is 9.95. The molecule has 0 saturated heterocycles. The van der Waals surface area contributed by atoms with E-state index in [1.165, 1.54) is 39.0 Å². The highest BCUT2D eigenvalue weighted by Gasteiger charge is 2.11. The largest absolute Gasteiger partial charge is 0.260 e. The Bertz CT molecular complexity index is 827. The number of rotatable bonds is 4. The van der Waals surface area contributed by atoms with E-state index in [0.29, 0.717) is 0 Å². The van der Waals surface area contributed by atoms with Gasteiger partial charge in [-0.15, -0.1) is 0 Å². The van der Waals surface area contributed by atoms with Crippen LogP contribution in [0.1, 0.15) is 41.2 Å². The Kier molecular flexibility index (Phi) is 4.80. The quantitative estimate of drug-likeness (QED) is 0.588. The van der Waals surface area contributed by atoms with E-state index in [-0.39, 0.29) is 0 Å². The summed E-state index contributed by atoms with van der Waals surface area (Å²) < 4.78 is 0. The predicted molar refractivity (Wildman–Crippen MR) is 105 cm³/mol. The number of hydrogen-bond donors (Lipinski definition) is 0. The molecular formula is C23H25N. The van der Waals surface area contributed by atoms with E-state index in [4.69, 9.17) is 4.99 Å². The molecular weight excluding hydrogens is 290 g/mol. The maximum Gasteiger partial charge on any atom is 0.0684 e. The standard InChI is InChI=1S/C23H25N/c1-16-14-18(3)23(19(4)15-16)24-13-12-20-9-5-6-10-22(20)21-11-7-8-17(21)2/h5-10,13-15H,11-12H2,1-4H3. The first-order chi connectivity index (χ1) is 11.6. The minimum Gasteiger partial charge on any atom is -0.260 e.